The molecule has 1 aromatic rings. The summed E-state index contributed by atoms with van der Waals surface area (Å²) in [5.41, 5.74) is 3.33. The van der Waals surface area contributed by atoms with Crippen LogP contribution < -0.4 is 4.90 Å². The third kappa shape index (κ3) is 1.88. The normalized spacial score (nSPS) is 14.5. The Kier molecular flexibility index (Phi) is 2.73. The molecular weight excluding hydrogens is 190 g/mol. The number of rotatable bonds is 3. The van der Waals surface area contributed by atoms with Crippen molar-refractivity contribution in [3.8, 4) is 0 Å². The van der Waals surface area contributed by atoms with E-state index < -0.39 is 0 Å². The molecule has 2 rings (SSSR count). The van der Waals surface area contributed by atoms with E-state index in [2.05, 4.69) is 6.07 Å². The fourth-order valence-corrected chi connectivity index (χ4v) is 1.96. The molecule has 0 fully saturated rings. The average Bonchev–Trinajstić information content (AvgIpc) is 2.52. The van der Waals surface area contributed by atoms with Gasteiger partial charge in [0.15, 0.2) is 0 Å². The van der Waals surface area contributed by atoms with Crippen LogP contribution in [0.25, 0.3) is 0 Å². The maximum atomic E-state index is 11.4. The third-order valence-electron chi connectivity index (χ3n) is 2.84. The molecule has 0 unspecified atom stereocenters. The number of carbonyl (C=O) groups is 1. The lowest BCUT2D eigenvalue weighted by Gasteiger charge is -2.10. The number of amides is 1. The van der Waals surface area contributed by atoms with E-state index in [1.54, 1.807) is 4.90 Å². The van der Waals surface area contributed by atoms with Gasteiger partial charge in [-0.1, -0.05) is 12.1 Å². The molecule has 0 saturated carbocycles. The highest BCUT2D eigenvalue weighted by atomic mass is 16.2. The van der Waals surface area contributed by atoms with Gasteiger partial charge in [-0.25, -0.2) is 0 Å². The Morgan fingerprint density at radius 2 is 2.27 bits per heavy atom. The molecule has 0 radical (unpaired) electrons. The number of nitrogens with zero attached hydrogens (tertiary/aromatic N) is 1. The Morgan fingerprint density at radius 3 is 3.00 bits per heavy atom. The lowest BCUT2D eigenvalue weighted by atomic mass is 10.0. The summed E-state index contributed by atoms with van der Waals surface area (Å²) in [5.74, 6) is 0.157. The van der Waals surface area contributed by atoms with Crippen LogP contribution in [0.3, 0.4) is 0 Å². The zero-order valence-corrected chi connectivity index (χ0v) is 8.86. The van der Waals surface area contributed by atoms with Gasteiger partial charge in [0.25, 0.3) is 0 Å². The highest BCUT2D eigenvalue weighted by Gasteiger charge is 2.23. The number of carbonyl (C=O) groups excluding carboxylic acids is 1. The molecule has 0 spiro atoms. The van der Waals surface area contributed by atoms with Crippen LogP contribution in [0.15, 0.2) is 18.2 Å². The highest BCUT2D eigenvalue weighted by molar-refractivity contribution is 6.00. The topological polar surface area (TPSA) is 40.5 Å². The molecule has 1 aliphatic heterocycles. The van der Waals surface area contributed by atoms with Crippen LogP contribution in [0.2, 0.25) is 0 Å². The molecular formula is C12H15NO2. The maximum absolute atomic E-state index is 11.4. The van der Waals surface area contributed by atoms with Crippen molar-refractivity contribution in [3.63, 3.8) is 0 Å². The van der Waals surface area contributed by atoms with E-state index in [1.165, 1.54) is 5.56 Å². The largest absolute Gasteiger partial charge is 0.396 e. The number of likely N-dealkylation sites (N-methyl/N-ethyl adjacent to an activating group) is 1. The summed E-state index contributed by atoms with van der Waals surface area (Å²) in [6, 6.07) is 6.10. The number of aliphatic hydroxyl groups is 1. The SMILES string of the molecule is CN1C(=O)Cc2cc(CCCO)ccc21. The van der Waals surface area contributed by atoms with E-state index in [0.717, 1.165) is 24.1 Å². The molecule has 80 valence electrons. The molecule has 0 aliphatic carbocycles. The molecule has 3 heteroatoms. The predicted octanol–water partition coefficient (Wildman–Crippen LogP) is 1.13. The number of benzene rings is 1. The van der Waals surface area contributed by atoms with Crippen LogP contribution in [-0.4, -0.2) is 24.7 Å². The summed E-state index contributed by atoms with van der Waals surface area (Å²) in [6.45, 7) is 0.218. The molecule has 0 bridgehead atoms. The van der Waals surface area contributed by atoms with Crippen LogP contribution in [0, 0.1) is 0 Å². The number of hydrogen-bond acceptors (Lipinski definition) is 2. The standard InChI is InChI=1S/C12H15NO2/c1-13-11-5-4-9(3-2-6-14)7-10(11)8-12(13)15/h4-5,7,14H,2-3,6,8H2,1H3. The Bertz CT molecular complexity index is 387. The molecule has 15 heavy (non-hydrogen) atoms. The first-order valence-electron chi connectivity index (χ1n) is 5.21. The van der Waals surface area contributed by atoms with Crippen molar-refractivity contribution in [3.05, 3.63) is 29.3 Å². The minimum Gasteiger partial charge on any atom is -0.396 e. The van der Waals surface area contributed by atoms with Crippen molar-refractivity contribution in [2.75, 3.05) is 18.6 Å². The van der Waals surface area contributed by atoms with Crippen LogP contribution in [-0.2, 0) is 17.6 Å². The number of anilines is 1. The zero-order valence-electron chi connectivity index (χ0n) is 8.86. The maximum Gasteiger partial charge on any atom is 0.231 e. The van der Waals surface area contributed by atoms with Crippen molar-refractivity contribution >= 4 is 11.6 Å². The Labute approximate surface area is 89.3 Å². The van der Waals surface area contributed by atoms with Gasteiger partial charge in [-0.3, -0.25) is 4.79 Å². The second kappa shape index (κ2) is 4.03. The van der Waals surface area contributed by atoms with Crippen molar-refractivity contribution in [1.82, 2.24) is 0 Å². The molecule has 3 nitrogen and oxygen atoms in total. The van der Waals surface area contributed by atoms with Crippen molar-refractivity contribution < 1.29 is 9.90 Å². The average molecular weight is 205 g/mol. The van der Waals surface area contributed by atoms with Gasteiger partial charge in [0, 0.05) is 19.3 Å². The first-order chi connectivity index (χ1) is 7.22. The minimum atomic E-state index is 0.157. The summed E-state index contributed by atoms with van der Waals surface area (Å²) < 4.78 is 0. The lowest BCUT2D eigenvalue weighted by Crippen LogP contribution is -2.20. The first-order valence-corrected chi connectivity index (χ1v) is 5.21. The number of aryl methyl sites for hydroxylation is 1. The predicted molar refractivity (Wildman–Crippen MR) is 59.0 cm³/mol. The van der Waals surface area contributed by atoms with Gasteiger partial charge in [-0.05, 0) is 30.0 Å². The molecule has 1 aliphatic rings. The third-order valence-corrected chi connectivity index (χ3v) is 2.84. The summed E-state index contributed by atoms with van der Waals surface area (Å²) in [4.78, 5) is 13.1. The smallest absolute Gasteiger partial charge is 0.231 e. The summed E-state index contributed by atoms with van der Waals surface area (Å²) >= 11 is 0. The fourth-order valence-electron chi connectivity index (χ4n) is 1.96. The van der Waals surface area contributed by atoms with Crippen molar-refractivity contribution in [2.24, 2.45) is 0 Å². The summed E-state index contributed by atoms with van der Waals surface area (Å²) in [5, 5.41) is 8.74. The molecule has 1 aromatic carbocycles. The van der Waals surface area contributed by atoms with Gasteiger partial charge in [0.05, 0.1) is 6.42 Å². The van der Waals surface area contributed by atoms with E-state index in [-0.39, 0.29) is 12.5 Å². The highest BCUT2D eigenvalue weighted by Crippen LogP contribution is 2.28. The van der Waals surface area contributed by atoms with Gasteiger partial charge in [-0.2, -0.15) is 0 Å². The first kappa shape index (κ1) is 10.2. The van der Waals surface area contributed by atoms with E-state index in [1.807, 2.05) is 19.2 Å². The Hall–Kier alpha value is -1.35. The van der Waals surface area contributed by atoms with Gasteiger partial charge in [0.2, 0.25) is 5.91 Å². The summed E-state index contributed by atoms with van der Waals surface area (Å²) in [7, 11) is 1.81. The minimum absolute atomic E-state index is 0.157. The van der Waals surface area contributed by atoms with Crippen LogP contribution in [0.5, 0.6) is 0 Å². The van der Waals surface area contributed by atoms with Crippen LogP contribution in [0.4, 0.5) is 5.69 Å². The zero-order chi connectivity index (χ0) is 10.8. The van der Waals surface area contributed by atoms with Crippen molar-refractivity contribution in [1.29, 1.82) is 0 Å². The van der Waals surface area contributed by atoms with Gasteiger partial charge < -0.3 is 10.0 Å². The van der Waals surface area contributed by atoms with Crippen molar-refractivity contribution in [2.45, 2.75) is 19.3 Å². The van der Waals surface area contributed by atoms with Gasteiger partial charge >= 0.3 is 0 Å². The van der Waals surface area contributed by atoms with Gasteiger partial charge in [-0.15, -0.1) is 0 Å². The second-order valence-electron chi connectivity index (χ2n) is 3.92. The molecule has 0 saturated heterocycles. The quantitative estimate of drug-likeness (QED) is 0.803. The molecule has 0 atom stereocenters. The number of hydrogen-bond donors (Lipinski definition) is 1. The van der Waals surface area contributed by atoms with E-state index >= 15 is 0 Å². The van der Waals surface area contributed by atoms with Crippen LogP contribution in [0.1, 0.15) is 17.5 Å². The fraction of sp³-hybridized carbons (Fsp3) is 0.417. The monoisotopic (exact) mass is 205 g/mol. The van der Waals surface area contributed by atoms with E-state index in [9.17, 15) is 4.79 Å². The van der Waals surface area contributed by atoms with E-state index in [0.29, 0.717) is 6.42 Å². The molecule has 1 N–H and O–H groups in total. The Balaban J connectivity index is 2.22. The molecule has 1 heterocycles. The molecule has 1 amide bonds. The lowest BCUT2D eigenvalue weighted by molar-refractivity contribution is -0.117. The van der Waals surface area contributed by atoms with E-state index in [4.69, 9.17) is 5.11 Å². The number of fused-ring (bicyclic) bond motifs is 1. The second-order valence-corrected chi connectivity index (χ2v) is 3.92. The number of aliphatic hydroxyl groups excluding tert-OH is 1. The molecule has 0 aromatic heterocycles. The van der Waals surface area contributed by atoms with Crippen LogP contribution >= 0.6 is 0 Å². The Morgan fingerprint density at radius 1 is 1.47 bits per heavy atom. The van der Waals surface area contributed by atoms with Gasteiger partial charge in [0.1, 0.15) is 0 Å². The summed E-state index contributed by atoms with van der Waals surface area (Å²) in [6.07, 6.45) is 2.17.